The Morgan fingerprint density at radius 1 is 0.952 bits per heavy atom. The molecule has 2 N–H and O–H groups in total. The minimum absolute atomic E-state index is 0.402. The van der Waals surface area contributed by atoms with Gasteiger partial charge in [0.1, 0.15) is 6.34 Å². The Bertz CT molecular complexity index is 549. The normalized spacial score (nSPS) is 25.0. The summed E-state index contributed by atoms with van der Waals surface area (Å²) in [5.74, 6) is 2.33. The summed E-state index contributed by atoms with van der Waals surface area (Å²) in [6.45, 7) is 7.38. The second-order valence-electron chi connectivity index (χ2n) is 5.37. The van der Waals surface area contributed by atoms with Crippen molar-refractivity contribution in [3.8, 4) is 0 Å². The van der Waals surface area contributed by atoms with E-state index in [-0.39, 0.29) is 0 Å². The number of rotatable bonds is 2. The summed E-state index contributed by atoms with van der Waals surface area (Å²) in [7, 11) is 0. The Balaban J connectivity index is 1.42. The third-order valence-corrected chi connectivity index (χ3v) is 4.14. The van der Waals surface area contributed by atoms with Gasteiger partial charge in [-0.15, -0.1) is 10.2 Å². The van der Waals surface area contributed by atoms with E-state index < -0.39 is 0 Å². The van der Waals surface area contributed by atoms with Crippen molar-refractivity contribution < 1.29 is 0 Å². The van der Waals surface area contributed by atoms with Crippen LogP contribution in [0.25, 0.3) is 0 Å². The average Bonchev–Trinajstić information content (AvgIpc) is 3.20. The van der Waals surface area contributed by atoms with E-state index in [1.807, 2.05) is 9.80 Å². The minimum atomic E-state index is 0.402. The van der Waals surface area contributed by atoms with E-state index in [1.165, 1.54) is 0 Å². The molecule has 0 aromatic heterocycles. The Hall–Kier alpha value is -2.32. The highest BCUT2D eigenvalue weighted by Crippen LogP contribution is 2.13. The summed E-state index contributed by atoms with van der Waals surface area (Å²) in [4.78, 5) is 17.3. The van der Waals surface area contributed by atoms with E-state index in [4.69, 9.17) is 5.73 Å². The van der Waals surface area contributed by atoms with Crippen LogP contribution in [0, 0.1) is 0 Å². The van der Waals surface area contributed by atoms with Crippen LogP contribution in [-0.4, -0.2) is 96.2 Å². The van der Waals surface area contributed by atoms with Crippen LogP contribution in [0.4, 0.5) is 0 Å². The largest absolute Gasteiger partial charge is 0.368 e. The molecule has 9 heteroatoms. The maximum atomic E-state index is 6.02. The lowest BCUT2D eigenvalue weighted by atomic mass is 10.5. The van der Waals surface area contributed by atoms with Gasteiger partial charge in [-0.25, -0.2) is 0 Å². The molecule has 0 saturated carbocycles. The molecule has 2 saturated heterocycles. The number of fused-ring (bicyclic) bond motifs is 2. The molecule has 2 fully saturated rings. The van der Waals surface area contributed by atoms with Gasteiger partial charge in [0, 0.05) is 39.3 Å². The van der Waals surface area contributed by atoms with Gasteiger partial charge in [0.2, 0.25) is 17.9 Å². The van der Waals surface area contributed by atoms with Crippen molar-refractivity contribution in [1.29, 1.82) is 0 Å². The lowest BCUT2D eigenvalue weighted by molar-refractivity contribution is 0.501. The number of aliphatic imine (C=N–C) groups is 2. The van der Waals surface area contributed by atoms with E-state index in [2.05, 4.69) is 30.0 Å². The highest BCUT2D eigenvalue weighted by atomic mass is 15.5. The lowest BCUT2D eigenvalue weighted by Gasteiger charge is -2.16. The van der Waals surface area contributed by atoms with Crippen molar-refractivity contribution >= 4 is 24.2 Å². The van der Waals surface area contributed by atoms with Crippen LogP contribution in [0.15, 0.2) is 20.2 Å². The molecular formula is C12H19N9. The predicted molar refractivity (Wildman–Crippen MR) is 81.3 cm³/mol. The fraction of sp³-hybridized carbons (Fsp3) is 0.667. The van der Waals surface area contributed by atoms with Gasteiger partial charge in [0.25, 0.3) is 0 Å². The number of hydrogen-bond acceptors (Lipinski definition) is 6. The Kier molecular flexibility index (Phi) is 2.90. The van der Waals surface area contributed by atoms with Crippen LogP contribution in [-0.2, 0) is 0 Å². The number of guanidine groups is 3. The van der Waals surface area contributed by atoms with Gasteiger partial charge in [-0.3, -0.25) is 19.8 Å². The molecule has 9 nitrogen and oxygen atoms in total. The fourth-order valence-electron chi connectivity index (χ4n) is 3.07. The first-order valence-corrected chi connectivity index (χ1v) is 7.32. The Morgan fingerprint density at radius 3 is 2.52 bits per heavy atom. The summed E-state index contributed by atoms with van der Waals surface area (Å²) in [6, 6.07) is 0. The number of nitrogens with two attached hydrogens (primary N) is 1. The van der Waals surface area contributed by atoms with Crippen molar-refractivity contribution in [1.82, 2.24) is 19.6 Å². The number of hydrogen-bond donors (Lipinski definition) is 1. The summed E-state index contributed by atoms with van der Waals surface area (Å²) in [5.41, 5.74) is 6.02. The van der Waals surface area contributed by atoms with Crippen LogP contribution in [0.5, 0.6) is 0 Å². The average molecular weight is 289 g/mol. The van der Waals surface area contributed by atoms with Gasteiger partial charge in [-0.2, -0.15) is 0 Å². The van der Waals surface area contributed by atoms with E-state index in [1.54, 1.807) is 6.34 Å². The van der Waals surface area contributed by atoms with Crippen LogP contribution in [0.1, 0.15) is 0 Å². The topological polar surface area (TPSA) is 88.4 Å². The lowest BCUT2D eigenvalue weighted by Crippen LogP contribution is -2.40. The monoisotopic (exact) mass is 289 g/mol. The molecule has 0 aliphatic carbocycles. The minimum Gasteiger partial charge on any atom is -0.368 e. The van der Waals surface area contributed by atoms with Crippen LogP contribution in [0.2, 0.25) is 0 Å². The smallest absolute Gasteiger partial charge is 0.223 e. The molecule has 0 amide bonds. The molecule has 0 radical (unpaired) electrons. The van der Waals surface area contributed by atoms with E-state index >= 15 is 0 Å². The zero-order valence-electron chi connectivity index (χ0n) is 11.9. The summed E-state index contributed by atoms with van der Waals surface area (Å²) < 4.78 is 0. The molecule has 4 heterocycles. The zero-order chi connectivity index (χ0) is 14.2. The quantitative estimate of drug-likeness (QED) is 0.369. The SMILES string of the molecule is NC(=N/N=C/N1CCN2CCN=C12)N1CCN2CCN=C21. The van der Waals surface area contributed by atoms with E-state index in [0.29, 0.717) is 5.96 Å². The van der Waals surface area contributed by atoms with Crippen LogP contribution >= 0.6 is 0 Å². The van der Waals surface area contributed by atoms with Gasteiger partial charge in [0.05, 0.1) is 13.1 Å². The second kappa shape index (κ2) is 4.90. The molecule has 4 aliphatic heterocycles. The first kappa shape index (κ1) is 12.4. The van der Waals surface area contributed by atoms with E-state index in [0.717, 1.165) is 64.3 Å². The van der Waals surface area contributed by atoms with Crippen molar-refractivity contribution in [2.24, 2.45) is 25.9 Å². The van der Waals surface area contributed by atoms with Crippen LogP contribution in [0.3, 0.4) is 0 Å². The molecule has 4 aliphatic rings. The predicted octanol–water partition coefficient (Wildman–Crippen LogP) is -1.78. The molecule has 112 valence electrons. The fourth-order valence-corrected chi connectivity index (χ4v) is 3.07. The van der Waals surface area contributed by atoms with Crippen molar-refractivity contribution in [3.05, 3.63) is 0 Å². The zero-order valence-corrected chi connectivity index (χ0v) is 11.9. The van der Waals surface area contributed by atoms with Gasteiger partial charge in [0.15, 0.2) is 0 Å². The summed E-state index contributed by atoms with van der Waals surface area (Å²) in [5, 5.41) is 8.23. The maximum Gasteiger partial charge on any atom is 0.223 e. The Labute approximate surface area is 123 Å². The first-order valence-electron chi connectivity index (χ1n) is 7.32. The first-order chi connectivity index (χ1) is 10.3. The van der Waals surface area contributed by atoms with Gasteiger partial charge >= 0.3 is 0 Å². The molecule has 0 aromatic rings. The maximum absolute atomic E-state index is 6.02. The van der Waals surface area contributed by atoms with Crippen molar-refractivity contribution in [2.45, 2.75) is 0 Å². The molecule has 0 unspecified atom stereocenters. The molecule has 0 atom stereocenters. The number of nitrogens with zero attached hydrogens (tertiary/aromatic N) is 8. The molecule has 0 aromatic carbocycles. The van der Waals surface area contributed by atoms with Gasteiger partial charge < -0.3 is 15.5 Å². The van der Waals surface area contributed by atoms with Gasteiger partial charge in [-0.1, -0.05) is 0 Å². The standard InChI is InChI=1S/C12H19N9/c13-10(21-8-7-19-4-2-15-12(19)21)17-16-9-20-6-5-18-3-1-14-11(18)20/h9H,1-8H2,(H2,13,17)/b16-9+. The Morgan fingerprint density at radius 2 is 1.67 bits per heavy atom. The van der Waals surface area contributed by atoms with Crippen molar-refractivity contribution in [3.63, 3.8) is 0 Å². The highest BCUT2D eigenvalue weighted by Gasteiger charge is 2.31. The summed E-state index contributed by atoms with van der Waals surface area (Å²) in [6.07, 6.45) is 1.71. The molecule has 21 heavy (non-hydrogen) atoms. The summed E-state index contributed by atoms with van der Waals surface area (Å²) >= 11 is 0. The second-order valence-corrected chi connectivity index (χ2v) is 5.37. The van der Waals surface area contributed by atoms with Crippen LogP contribution < -0.4 is 5.73 Å². The third-order valence-electron chi connectivity index (χ3n) is 4.14. The molecular weight excluding hydrogens is 270 g/mol. The molecule has 4 rings (SSSR count). The van der Waals surface area contributed by atoms with Gasteiger partial charge in [-0.05, 0) is 0 Å². The third kappa shape index (κ3) is 2.08. The van der Waals surface area contributed by atoms with E-state index in [9.17, 15) is 0 Å². The molecule has 0 bridgehead atoms. The highest BCUT2D eigenvalue weighted by molar-refractivity contribution is 6.00. The molecule has 0 spiro atoms. The van der Waals surface area contributed by atoms with Crippen molar-refractivity contribution in [2.75, 3.05) is 52.4 Å².